The van der Waals surface area contributed by atoms with Gasteiger partial charge in [-0.3, -0.25) is 4.31 Å². The summed E-state index contributed by atoms with van der Waals surface area (Å²) in [5.41, 5.74) is 8.06. The number of sulfonamides is 1. The van der Waals surface area contributed by atoms with Crippen molar-refractivity contribution < 1.29 is 8.42 Å². The van der Waals surface area contributed by atoms with E-state index < -0.39 is 10.0 Å². The van der Waals surface area contributed by atoms with Crippen LogP contribution < -0.4 is 10.0 Å². The maximum atomic E-state index is 12.7. The van der Waals surface area contributed by atoms with E-state index in [0.717, 1.165) is 5.56 Å². The molecule has 1 aromatic heterocycles. The average molecular weight is 292 g/mol. The van der Waals surface area contributed by atoms with Crippen LogP contribution in [0, 0.1) is 6.92 Å². The van der Waals surface area contributed by atoms with E-state index in [0.29, 0.717) is 23.6 Å². The fourth-order valence-electron chi connectivity index (χ4n) is 2.62. The number of nitrogens with two attached hydrogens (primary N) is 1. The number of H-pyrrole nitrogens is 1. The molecular formula is C13H16N4O2S. The number of rotatable bonds is 2. The monoisotopic (exact) mass is 292 g/mol. The largest absolute Gasteiger partial charge is 0.399 e. The zero-order valence-corrected chi connectivity index (χ0v) is 12.1. The topological polar surface area (TPSA) is 92.1 Å². The van der Waals surface area contributed by atoms with Crippen LogP contribution in [0.15, 0.2) is 29.4 Å². The molecule has 1 aliphatic rings. The van der Waals surface area contributed by atoms with E-state index in [1.165, 1.54) is 10.5 Å². The summed E-state index contributed by atoms with van der Waals surface area (Å²) in [6.07, 6.45) is 2.01. The number of benzene rings is 1. The second-order valence-electron chi connectivity index (χ2n) is 5.08. The Kier molecular flexibility index (Phi) is 2.75. The van der Waals surface area contributed by atoms with Gasteiger partial charge in [-0.2, -0.15) is 8.42 Å². The average Bonchev–Trinajstić information content (AvgIpc) is 2.92. The van der Waals surface area contributed by atoms with E-state index in [-0.39, 0.29) is 11.1 Å². The second kappa shape index (κ2) is 4.24. The second-order valence-corrected chi connectivity index (χ2v) is 6.86. The number of nitrogens with zero attached hydrogens (tertiary/aromatic N) is 2. The molecule has 0 fully saturated rings. The van der Waals surface area contributed by atoms with Crippen LogP contribution >= 0.6 is 0 Å². The van der Waals surface area contributed by atoms with Crippen LogP contribution in [0.4, 0.5) is 11.4 Å². The number of aromatic amines is 1. The number of nitrogens with one attached hydrogen (secondary N) is 1. The minimum Gasteiger partial charge on any atom is -0.399 e. The van der Waals surface area contributed by atoms with Crippen molar-refractivity contribution in [2.75, 3.05) is 10.0 Å². The maximum Gasteiger partial charge on any atom is 0.281 e. The summed E-state index contributed by atoms with van der Waals surface area (Å²) in [5.74, 6) is 0.577. The quantitative estimate of drug-likeness (QED) is 0.819. The molecule has 1 unspecified atom stereocenters. The first-order valence-corrected chi connectivity index (χ1v) is 7.78. The van der Waals surface area contributed by atoms with E-state index in [1.807, 2.05) is 13.0 Å². The normalized spacial score (nSPS) is 18.3. The summed E-state index contributed by atoms with van der Waals surface area (Å²) < 4.78 is 26.9. The lowest BCUT2D eigenvalue weighted by atomic mass is 10.1. The summed E-state index contributed by atoms with van der Waals surface area (Å²) in [6.45, 7) is 3.61. The fourth-order valence-corrected chi connectivity index (χ4v) is 4.28. The van der Waals surface area contributed by atoms with Gasteiger partial charge in [-0.25, -0.2) is 4.98 Å². The predicted molar refractivity (Wildman–Crippen MR) is 77.0 cm³/mol. The molecule has 2 aromatic rings. The summed E-state index contributed by atoms with van der Waals surface area (Å²) in [7, 11) is -3.62. The van der Waals surface area contributed by atoms with Crippen LogP contribution in [-0.2, 0) is 16.4 Å². The SMILES string of the molecule is Cc1ncc(S(=O)(=O)N2c3ccc(N)cc3CC2C)[nH]1. The first-order chi connectivity index (χ1) is 9.39. The third kappa shape index (κ3) is 1.85. The van der Waals surface area contributed by atoms with E-state index in [9.17, 15) is 8.42 Å². The zero-order chi connectivity index (χ0) is 14.5. The van der Waals surface area contributed by atoms with E-state index >= 15 is 0 Å². The predicted octanol–water partition coefficient (Wildman–Crippen LogP) is 1.44. The lowest BCUT2D eigenvalue weighted by Gasteiger charge is -2.23. The molecule has 3 rings (SSSR count). The first-order valence-electron chi connectivity index (χ1n) is 6.34. The van der Waals surface area contributed by atoms with Crippen LogP contribution in [0.5, 0.6) is 0 Å². The molecule has 0 aliphatic carbocycles. The van der Waals surface area contributed by atoms with Gasteiger partial charge in [0.05, 0.1) is 11.9 Å². The van der Waals surface area contributed by atoms with Crippen LogP contribution in [0.3, 0.4) is 0 Å². The number of nitrogen functional groups attached to an aromatic ring is 1. The van der Waals surface area contributed by atoms with E-state index in [4.69, 9.17) is 5.73 Å². The Labute approximate surface area is 117 Å². The molecule has 106 valence electrons. The number of fused-ring (bicyclic) bond motifs is 1. The van der Waals surface area contributed by atoms with Crippen molar-refractivity contribution in [3.8, 4) is 0 Å². The van der Waals surface area contributed by atoms with Gasteiger partial charge in [-0.05, 0) is 44.0 Å². The Bertz CT molecular complexity index is 766. The van der Waals surface area contributed by atoms with Gasteiger partial charge in [-0.15, -0.1) is 0 Å². The highest BCUT2D eigenvalue weighted by Crippen LogP contribution is 2.37. The molecule has 1 aliphatic heterocycles. The molecule has 0 spiro atoms. The molecule has 0 saturated heterocycles. The third-order valence-electron chi connectivity index (χ3n) is 3.47. The van der Waals surface area contributed by atoms with Gasteiger partial charge in [-0.1, -0.05) is 0 Å². The highest BCUT2D eigenvalue weighted by molar-refractivity contribution is 7.92. The van der Waals surface area contributed by atoms with Crippen molar-refractivity contribution in [3.63, 3.8) is 0 Å². The molecular weight excluding hydrogens is 276 g/mol. The summed E-state index contributed by atoms with van der Waals surface area (Å²) in [5, 5.41) is 0.117. The van der Waals surface area contributed by atoms with Gasteiger partial charge in [0.2, 0.25) is 0 Å². The number of imidazole rings is 1. The fraction of sp³-hybridized carbons (Fsp3) is 0.308. The van der Waals surface area contributed by atoms with Crippen LogP contribution in [0.1, 0.15) is 18.3 Å². The molecule has 1 aromatic carbocycles. The zero-order valence-electron chi connectivity index (χ0n) is 11.3. The van der Waals surface area contributed by atoms with Gasteiger partial charge < -0.3 is 10.7 Å². The highest BCUT2D eigenvalue weighted by Gasteiger charge is 2.36. The highest BCUT2D eigenvalue weighted by atomic mass is 32.2. The third-order valence-corrected chi connectivity index (χ3v) is 5.31. The maximum absolute atomic E-state index is 12.7. The molecule has 6 nitrogen and oxygen atoms in total. The number of aromatic nitrogens is 2. The molecule has 0 bridgehead atoms. The van der Waals surface area contributed by atoms with Crippen molar-refractivity contribution >= 4 is 21.4 Å². The van der Waals surface area contributed by atoms with Crippen molar-refractivity contribution in [2.24, 2.45) is 0 Å². The van der Waals surface area contributed by atoms with Crippen LogP contribution in [0.2, 0.25) is 0 Å². The summed E-state index contributed by atoms with van der Waals surface area (Å²) in [4.78, 5) is 6.76. The molecule has 3 N–H and O–H groups in total. The molecule has 0 radical (unpaired) electrons. The van der Waals surface area contributed by atoms with Crippen molar-refractivity contribution in [1.29, 1.82) is 0 Å². The molecule has 20 heavy (non-hydrogen) atoms. The number of hydrogen-bond donors (Lipinski definition) is 2. The Morgan fingerprint density at radius 1 is 1.45 bits per heavy atom. The minimum absolute atomic E-state index is 0.117. The van der Waals surface area contributed by atoms with Crippen molar-refractivity contribution in [1.82, 2.24) is 9.97 Å². The molecule has 0 amide bonds. The molecule has 2 heterocycles. The standard InChI is InChI=1S/C13H16N4O2S/c1-8-5-10-6-11(14)3-4-12(10)17(8)20(18,19)13-7-15-9(2)16-13/h3-4,6-8H,5,14H2,1-2H3,(H,15,16). The summed E-state index contributed by atoms with van der Waals surface area (Å²) >= 11 is 0. The van der Waals surface area contributed by atoms with Crippen LogP contribution in [-0.4, -0.2) is 24.4 Å². The van der Waals surface area contributed by atoms with Gasteiger partial charge in [0.25, 0.3) is 10.0 Å². The van der Waals surface area contributed by atoms with Gasteiger partial charge in [0.15, 0.2) is 5.03 Å². The Balaban J connectivity index is 2.11. The lowest BCUT2D eigenvalue weighted by molar-refractivity contribution is 0.581. The first kappa shape index (κ1) is 13.0. The Morgan fingerprint density at radius 2 is 2.20 bits per heavy atom. The lowest BCUT2D eigenvalue weighted by Crippen LogP contribution is -2.35. The molecule has 7 heteroatoms. The number of aryl methyl sites for hydroxylation is 1. The minimum atomic E-state index is -3.62. The number of hydrogen-bond acceptors (Lipinski definition) is 4. The number of anilines is 2. The van der Waals surface area contributed by atoms with E-state index in [2.05, 4.69) is 9.97 Å². The van der Waals surface area contributed by atoms with Gasteiger partial charge >= 0.3 is 0 Å². The molecule has 1 atom stereocenters. The van der Waals surface area contributed by atoms with Gasteiger partial charge in [0.1, 0.15) is 5.82 Å². The molecule has 0 saturated carbocycles. The summed E-state index contributed by atoms with van der Waals surface area (Å²) in [6, 6.07) is 5.17. The van der Waals surface area contributed by atoms with E-state index in [1.54, 1.807) is 19.1 Å². The van der Waals surface area contributed by atoms with Crippen LogP contribution in [0.25, 0.3) is 0 Å². The smallest absolute Gasteiger partial charge is 0.281 e. The van der Waals surface area contributed by atoms with Crippen molar-refractivity contribution in [2.45, 2.75) is 31.3 Å². The van der Waals surface area contributed by atoms with Crippen molar-refractivity contribution in [3.05, 3.63) is 35.8 Å². The Hall–Kier alpha value is -2.02. The van der Waals surface area contributed by atoms with Gasteiger partial charge in [0, 0.05) is 11.7 Å². The Morgan fingerprint density at radius 3 is 2.85 bits per heavy atom.